The minimum atomic E-state index is -0.556. The van der Waals surface area contributed by atoms with Crippen LogP contribution in [0.2, 0.25) is 0 Å². The summed E-state index contributed by atoms with van der Waals surface area (Å²) in [5.41, 5.74) is 5.56. The zero-order valence-electron chi connectivity index (χ0n) is 11.7. The van der Waals surface area contributed by atoms with E-state index in [9.17, 15) is 9.59 Å². The van der Waals surface area contributed by atoms with Crippen LogP contribution >= 0.6 is 0 Å². The number of ether oxygens (including phenoxy) is 1. The van der Waals surface area contributed by atoms with Crippen LogP contribution in [0.4, 0.5) is 0 Å². The summed E-state index contributed by atoms with van der Waals surface area (Å²) < 4.78 is 5.45. The maximum Gasteiger partial charge on any atom is 0.260 e. The Hall–Kier alpha value is -2.04. The molecule has 0 aliphatic carbocycles. The first kappa shape index (κ1) is 14.4. The summed E-state index contributed by atoms with van der Waals surface area (Å²) in [6, 6.07) is 6.69. The Morgan fingerprint density at radius 2 is 1.95 bits per heavy atom. The molecule has 1 saturated heterocycles. The van der Waals surface area contributed by atoms with Gasteiger partial charge >= 0.3 is 0 Å². The lowest BCUT2D eigenvalue weighted by Gasteiger charge is -2.30. The fourth-order valence-electron chi connectivity index (χ4n) is 2.28. The van der Waals surface area contributed by atoms with Gasteiger partial charge in [0.2, 0.25) is 0 Å². The lowest BCUT2D eigenvalue weighted by Crippen LogP contribution is -2.40. The van der Waals surface area contributed by atoms with Gasteiger partial charge in [0, 0.05) is 13.1 Å². The van der Waals surface area contributed by atoms with Crippen LogP contribution in [0.25, 0.3) is 0 Å². The molecule has 0 saturated carbocycles. The van der Waals surface area contributed by atoms with E-state index >= 15 is 0 Å². The fourth-order valence-corrected chi connectivity index (χ4v) is 2.28. The van der Waals surface area contributed by atoms with Crippen molar-refractivity contribution in [3.05, 3.63) is 29.8 Å². The molecule has 0 spiro atoms. The molecular formula is C15H20N2O3. The Bertz CT molecular complexity index is 494. The van der Waals surface area contributed by atoms with Crippen LogP contribution in [0.1, 0.15) is 30.1 Å². The molecular weight excluding hydrogens is 256 g/mol. The number of carbonyl (C=O) groups is 2. The molecule has 5 nitrogen and oxygen atoms in total. The molecule has 20 heavy (non-hydrogen) atoms. The topological polar surface area (TPSA) is 72.6 Å². The summed E-state index contributed by atoms with van der Waals surface area (Å²) in [7, 11) is 0. The highest BCUT2D eigenvalue weighted by molar-refractivity contribution is 5.95. The van der Waals surface area contributed by atoms with Crippen LogP contribution in [-0.4, -0.2) is 36.4 Å². The third-order valence-electron chi connectivity index (χ3n) is 3.64. The van der Waals surface area contributed by atoms with Crippen LogP contribution in [0.3, 0.4) is 0 Å². The summed E-state index contributed by atoms with van der Waals surface area (Å²) in [4.78, 5) is 25.1. The molecule has 1 fully saturated rings. The average Bonchev–Trinajstić information content (AvgIpc) is 2.45. The molecule has 1 heterocycles. The number of likely N-dealkylation sites (tertiary alicyclic amines) is 1. The number of primary amides is 1. The quantitative estimate of drug-likeness (QED) is 0.904. The van der Waals surface area contributed by atoms with Crippen molar-refractivity contribution in [1.82, 2.24) is 4.90 Å². The minimum absolute atomic E-state index is 0.0452. The van der Waals surface area contributed by atoms with Crippen LogP contribution in [0.5, 0.6) is 5.75 Å². The molecule has 1 aromatic carbocycles. The van der Waals surface area contributed by atoms with Crippen LogP contribution in [0.15, 0.2) is 24.3 Å². The minimum Gasteiger partial charge on any atom is -0.483 e. The molecule has 0 radical (unpaired) electrons. The molecule has 0 bridgehead atoms. The number of para-hydroxylation sites is 1. The molecule has 0 unspecified atom stereocenters. The normalized spacial score (nSPS) is 15.9. The molecule has 0 aromatic heterocycles. The number of hydrogen-bond acceptors (Lipinski definition) is 3. The molecule has 2 amide bonds. The van der Waals surface area contributed by atoms with Gasteiger partial charge in [-0.3, -0.25) is 9.59 Å². The maximum absolute atomic E-state index is 12.0. The Kier molecular flexibility index (Phi) is 4.61. The highest BCUT2D eigenvalue weighted by Crippen LogP contribution is 2.19. The van der Waals surface area contributed by atoms with Crippen LogP contribution in [-0.2, 0) is 4.79 Å². The van der Waals surface area contributed by atoms with Gasteiger partial charge < -0.3 is 15.4 Å². The molecule has 1 aromatic rings. The first-order chi connectivity index (χ1) is 9.58. The molecule has 1 aliphatic rings. The van der Waals surface area contributed by atoms with Gasteiger partial charge in [0.25, 0.3) is 11.8 Å². The van der Waals surface area contributed by atoms with Gasteiger partial charge in [0.15, 0.2) is 6.61 Å². The number of benzene rings is 1. The Labute approximate surface area is 118 Å². The predicted molar refractivity (Wildman–Crippen MR) is 75.4 cm³/mol. The van der Waals surface area contributed by atoms with Crippen molar-refractivity contribution in [2.45, 2.75) is 19.8 Å². The van der Waals surface area contributed by atoms with E-state index in [4.69, 9.17) is 10.5 Å². The molecule has 2 rings (SSSR count). The van der Waals surface area contributed by atoms with E-state index in [1.54, 1.807) is 24.3 Å². The number of rotatable bonds is 4. The summed E-state index contributed by atoms with van der Waals surface area (Å²) in [5, 5.41) is 0. The molecule has 108 valence electrons. The third-order valence-corrected chi connectivity index (χ3v) is 3.64. The van der Waals surface area contributed by atoms with Crippen molar-refractivity contribution < 1.29 is 14.3 Å². The van der Waals surface area contributed by atoms with Crippen molar-refractivity contribution in [3.63, 3.8) is 0 Å². The van der Waals surface area contributed by atoms with Gasteiger partial charge in [-0.25, -0.2) is 0 Å². The van der Waals surface area contributed by atoms with Crippen molar-refractivity contribution in [2.75, 3.05) is 19.7 Å². The fraction of sp³-hybridized carbons (Fsp3) is 0.467. The number of carbonyl (C=O) groups excluding carboxylic acids is 2. The van der Waals surface area contributed by atoms with Crippen molar-refractivity contribution in [1.29, 1.82) is 0 Å². The zero-order chi connectivity index (χ0) is 14.5. The van der Waals surface area contributed by atoms with Crippen LogP contribution < -0.4 is 10.5 Å². The van der Waals surface area contributed by atoms with E-state index < -0.39 is 5.91 Å². The third kappa shape index (κ3) is 3.50. The maximum atomic E-state index is 12.0. The second-order valence-electron chi connectivity index (χ2n) is 5.21. The molecule has 5 heteroatoms. The van der Waals surface area contributed by atoms with Gasteiger partial charge in [0.05, 0.1) is 5.56 Å². The van der Waals surface area contributed by atoms with Crippen LogP contribution in [0, 0.1) is 5.92 Å². The summed E-state index contributed by atoms with van der Waals surface area (Å²) in [6.45, 7) is 3.70. The zero-order valence-corrected chi connectivity index (χ0v) is 11.7. The molecule has 0 atom stereocenters. The van der Waals surface area contributed by atoms with Crippen molar-refractivity contribution >= 4 is 11.8 Å². The number of hydrogen-bond donors (Lipinski definition) is 1. The van der Waals surface area contributed by atoms with Gasteiger partial charge in [0.1, 0.15) is 5.75 Å². The van der Waals surface area contributed by atoms with E-state index in [1.807, 2.05) is 4.90 Å². The number of nitrogens with two attached hydrogens (primary N) is 1. The monoisotopic (exact) mass is 276 g/mol. The van der Waals surface area contributed by atoms with Crippen molar-refractivity contribution in [2.24, 2.45) is 11.7 Å². The smallest absolute Gasteiger partial charge is 0.260 e. The second-order valence-corrected chi connectivity index (χ2v) is 5.21. The first-order valence-electron chi connectivity index (χ1n) is 6.87. The lowest BCUT2D eigenvalue weighted by molar-refractivity contribution is -0.134. The highest BCUT2D eigenvalue weighted by Gasteiger charge is 2.21. The highest BCUT2D eigenvalue weighted by atomic mass is 16.5. The van der Waals surface area contributed by atoms with E-state index in [0.717, 1.165) is 25.9 Å². The predicted octanol–water partition coefficient (Wildman–Crippen LogP) is 1.42. The SMILES string of the molecule is CC1CCN(C(=O)COc2ccccc2C(N)=O)CC1. The lowest BCUT2D eigenvalue weighted by atomic mass is 9.99. The van der Waals surface area contributed by atoms with Gasteiger partial charge in [-0.05, 0) is 30.9 Å². The standard InChI is InChI=1S/C15H20N2O3/c1-11-6-8-17(9-7-11)14(18)10-20-13-5-3-2-4-12(13)15(16)19/h2-5,11H,6-10H2,1H3,(H2,16,19). The number of amides is 2. The Morgan fingerprint density at radius 3 is 2.60 bits per heavy atom. The van der Waals surface area contributed by atoms with E-state index in [1.165, 1.54) is 0 Å². The van der Waals surface area contributed by atoms with Crippen molar-refractivity contribution in [3.8, 4) is 5.75 Å². The molecule has 2 N–H and O–H groups in total. The summed E-state index contributed by atoms with van der Waals surface area (Å²) in [6.07, 6.45) is 2.06. The largest absolute Gasteiger partial charge is 0.483 e. The molecule has 1 aliphatic heterocycles. The number of nitrogens with zero attached hydrogens (tertiary/aromatic N) is 1. The second kappa shape index (κ2) is 6.41. The summed E-state index contributed by atoms with van der Waals surface area (Å²) >= 11 is 0. The Balaban J connectivity index is 1.92. The van der Waals surface area contributed by atoms with E-state index in [-0.39, 0.29) is 12.5 Å². The van der Waals surface area contributed by atoms with Gasteiger partial charge in [-0.15, -0.1) is 0 Å². The van der Waals surface area contributed by atoms with Gasteiger partial charge in [-0.2, -0.15) is 0 Å². The summed E-state index contributed by atoms with van der Waals surface area (Å²) in [5.74, 6) is 0.435. The first-order valence-corrected chi connectivity index (χ1v) is 6.87. The van der Waals surface area contributed by atoms with Gasteiger partial charge in [-0.1, -0.05) is 19.1 Å². The van der Waals surface area contributed by atoms with E-state index in [2.05, 4.69) is 6.92 Å². The Morgan fingerprint density at radius 1 is 1.30 bits per heavy atom. The number of piperidine rings is 1. The van der Waals surface area contributed by atoms with E-state index in [0.29, 0.717) is 17.2 Å². The average molecular weight is 276 g/mol.